The van der Waals surface area contributed by atoms with Crippen molar-refractivity contribution in [3.63, 3.8) is 0 Å². The molecule has 1 atom stereocenters. The maximum atomic E-state index is 13.8. The molecule has 0 bridgehead atoms. The van der Waals surface area contributed by atoms with Gasteiger partial charge in [0, 0.05) is 27.8 Å². The van der Waals surface area contributed by atoms with Gasteiger partial charge >= 0.3 is 0 Å². The lowest BCUT2D eigenvalue weighted by atomic mass is 10.2. The minimum atomic E-state index is -4.09. The first kappa shape index (κ1) is 18.3. The molecule has 0 aliphatic heterocycles. The molecule has 5 nitrogen and oxygen atoms in total. The summed E-state index contributed by atoms with van der Waals surface area (Å²) in [5.41, 5.74) is -0.402. The summed E-state index contributed by atoms with van der Waals surface area (Å²) in [7, 11) is 1.14. The maximum absolute atomic E-state index is 13.8. The van der Waals surface area contributed by atoms with Gasteiger partial charge in [-0.2, -0.15) is 0 Å². The first-order valence-electron chi connectivity index (χ1n) is 5.99. The van der Waals surface area contributed by atoms with E-state index in [1.54, 1.807) is 13.8 Å². The van der Waals surface area contributed by atoms with Gasteiger partial charge in [-0.1, -0.05) is 0 Å². The smallest absolute Gasteiger partial charge is 0.262 e. The van der Waals surface area contributed by atoms with Crippen LogP contribution in [0.25, 0.3) is 0 Å². The first-order valence-corrected chi connectivity index (χ1v) is 9.09. The van der Waals surface area contributed by atoms with Crippen molar-refractivity contribution in [2.24, 2.45) is 0 Å². The van der Waals surface area contributed by atoms with Crippen LogP contribution in [0.2, 0.25) is 0 Å². The third-order valence-electron chi connectivity index (χ3n) is 2.48. The quantitative estimate of drug-likeness (QED) is 0.743. The van der Waals surface area contributed by atoms with E-state index in [1.165, 1.54) is 0 Å². The molecular formula is C12H14BrClFNO4S. The average Bonchev–Trinajstić information content (AvgIpc) is 2.34. The highest BCUT2D eigenvalue weighted by atomic mass is 79.9. The standard InChI is InChI=1S/C12H14BrClFNO4S/c1-3-20-6-7(2)16-12(17)8-4-11(21(14,18)19)9(13)5-10(8)15/h4-5,7H,3,6H2,1-2H3,(H,16,17). The summed E-state index contributed by atoms with van der Waals surface area (Å²) < 4.78 is 41.6. The number of hydrogen-bond donors (Lipinski definition) is 1. The highest BCUT2D eigenvalue weighted by molar-refractivity contribution is 9.10. The lowest BCUT2D eigenvalue weighted by Crippen LogP contribution is -2.36. The van der Waals surface area contributed by atoms with Crippen molar-refractivity contribution in [3.05, 3.63) is 28.0 Å². The molecular weight excluding hydrogens is 389 g/mol. The Balaban J connectivity index is 3.05. The van der Waals surface area contributed by atoms with Crippen LogP contribution < -0.4 is 5.32 Å². The Morgan fingerprint density at radius 1 is 1.52 bits per heavy atom. The van der Waals surface area contributed by atoms with Gasteiger partial charge in [-0.15, -0.1) is 0 Å². The lowest BCUT2D eigenvalue weighted by Gasteiger charge is -2.14. The Labute approximate surface area is 135 Å². The van der Waals surface area contributed by atoms with Gasteiger partial charge in [-0.3, -0.25) is 4.79 Å². The largest absolute Gasteiger partial charge is 0.380 e. The van der Waals surface area contributed by atoms with E-state index in [2.05, 4.69) is 21.2 Å². The molecule has 0 fully saturated rings. The van der Waals surface area contributed by atoms with Crippen LogP contribution in [0.3, 0.4) is 0 Å². The molecule has 1 aromatic carbocycles. The van der Waals surface area contributed by atoms with Crippen LogP contribution >= 0.6 is 26.6 Å². The molecule has 0 aliphatic rings. The molecule has 1 unspecified atom stereocenters. The van der Waals surface area contributed by atoms with E-state index in [4.69, 9.17) is 15.4 Å². The van der Waals surface area contributed by atoms with Crippen molar-refractivity contribution < 1.29 is 22.3 Å². The molecule has 1 N–H and O–H groups in total. The van der Waals surface area contributed by atoms with Gasteiger partial charge in [0.25, 0.3) is 15.0 Å². The molecule has 1 amide bonds. The topological polar surface area (TPSA) is 72.5 Å². The van der Waals surface area contributed by atoms with Gasteiger partial charge in [-0.25, -0.2) is 12.8 Å². The van der Waals surface area contributed by atoms with E-state index >= 15 is 0 Å². The molecule has 0 saturated heterocycles. The van der Waals surface area contributed by atoms with E-state index < -0.39 is 26.3 Å². The minimum absolute atomic E-state index is 0.0473. The van der Waals surface area contributed by atoms with Crippen molar-refractivity contribution in [3.8, 4) is 0 Å². The Morgan fingerprint density at radius 3 is 2.67 bits per heavy atom. The molecule has 21 heavy (non-hydrogen) atoms. The number of carbonyl (C=O) groups is 1. The number of hydrogen-bond acceptors (Lipinski definition) is 4. The normalized spacial score (nSPS) is 13.0. The van der Waals surface area contributed by atoms with Crippen LogP contribution in [0.1, 0.15) is 24.2 Å². The van der Waals surface area contributed by atoms with Gasteiger partial charge in [0.05, 0.1) is 17.1 Å². The second kappa shape index (κ2) is 7.53. The van der Waals surface area contributed by atoms with Crippen LogP contribution in [0, 0.1) is 5.82 Å². The summed E-state index contributed by atoms with van der Waals surface area (Å²) in [5.74, 6) is -1.60. The van der Waals surface area contributed by atoms with Crippen molar-refractivity contribution in [1.82, 2.24) is 5.32 Å². The van der Waals surface area contributed by atoms with E-state index in [9.17, 15) is 17.6 Å². The van der Waals surface area contributed by atoms with E-state index in [0.717, 1.165) is 12.1 Å². The van der Waals surface area contributed by atoms with Crippen molar-refractivity contribution in [2.45, 2.75) is 24.8 Å². The van der Waals surface area contributed by atoms with Crippen LogP contribution in [0.15, 0.2) is 21.5 Å². The van der Waals surface area contributed by atoms with Crippen molar-refractivity contribution >= 4 is 41.6 Å². The summed E-state index contributed by atoms with van der Waals surface area (Å²) in [6, 6.07) is 1.43. The summed E-state index contributed by atoms with van der Waals surface area (Å²) in [5, 5.41) is 2.51. The first-order chi connectivity index (χ1) is 9.66. The summed E-state index contributed by atoms with van der Waals surface area (Å²) in [6.45, 7) is 4.24. The van der Waals surface area contributed by atoms with Crippen LogP contribution in [-0.4, -0.2) is 33.6 Å². The number of carbonyl (C=O) groups excluding carboxylic acids is 1. The fourth-order valence-electron chi connectivity index (χ4n) is 1.53. The van der Waals surface area contributed by atoms with Gasteiger partial charge < -0.3 is 10.1 Å². The fraction of sp³-hybridized carbons (Fsp3) is 0.417. The Bertz CT molecular complexity index is 638. The number of rotatable bonds is 6. The zero-order chi connectivity index (χ0) is 16.2. The predicted molar refractivity (Wildman–Crippen MR) is 80.6 cm³/mol. The highest BCUT2D eigenvalue weighted by Gasteiger charge is 2.22. The second-order valence-electron chi connectivity index (χ2n) is 4.23. The number of benzene rings is 1. The Hall–Kier alpha value is -0.700. The molecule has 0 radical (unpaired) electrons. The number of ether oxygens (including phenoxy) is 1. The van der Waals surface area contributed by atoms with Gasteiger partial charge in [0.15, 0.2) is 0 Å². The molecule has 1 aromatic rings. The summed E-state index contributed by atoms with van der Waals surface area (Å²) in [6.07, 6.45) is 0. The third-order valence-corrected chi connectivity index (χ3v) is 4.76. The zero-order valence-corrected chi connectivity index (χ0v) is 14.5. The predicted octanol–water partition coefficient (Wildman–Crippen LogP) is 2.67. The zero-order valence-electron chi connectivity index (χ0n) is 11.3. The molecule has 0 aliphatic carbocycles. The summed E-state index contributed by atoms with van der Waals surface area (Å²) in [4.78, 5) is 11.6. The van der Waals surface area contributed by atoms with Crippen LogP contribution in [0.4, 0.5) is 4.39 Å². The van der Waals surface area contributed by atoms with E-state index in [-0.39, 0.29) is 22.0 Å². The number of halogens is 3. The van der Waals surface area contributed by atoms with Crippen molar-refractivity contribution in [2.75, 3.05) is 13.2 Å². The molecule has 0 aromatic heterocycles. The molecule has 0 spiro atoms. The molecule has 0 heterocycles. The SMILES string of the molecule is CCOCC(C)NC(=O)c1cc(S(=O)(=O)Cl)c(Br)cc1F. The van der Waals surface area contributed by atoms with E-state index in [1.807, 2.05) is 0 Å². The Morgan fingerprint density at radius 2 is 2.14 bits per heavy atom. The van der Waals surface area contributed by atoms with Gasteiger partial charge in [0.2, 0.25) is 0 Å². The third kappa shape index (κ3) is 5.21. The molecule has 9 heteroatoms. The van der Waals surface area contributed by atoms with Gasteiger partial charge in [0.1, 0.15) is 5.82 Å². The van der Waals surface area contributed by atoms with Crippen LogP contribution in [0.5, 0.6) is 0 Å². The van der Waals surface area contributed by atoms with Gasteiger partial charge in [-0.05, 0) is 41.9 Å². The van der Waals surface area contributed by atoms with Crippen molar-refractivity contribution in [1.29, 1.82) is 0 Å². The maximum Gasteiger partial charge on any atom is 0.262 e. The Kier molecular flexibility index (Phi) is 6.58. The monoisotopic (exact) mass is 401 g/mol. The highest BCUT2D eigenvalue weighted by Crippen LogP contribution is 2.28. The number of amides is 1. The molecule has 0 saturated carbocycles. The minimum Gasteiger partial charge on any atom is -0.380 e. The average molecular weight is 403 g/mol. The lowest BCUT2D eigenvalue weighted by molar-refractivity contribution is 0.0868. The summed E-state index contributed by atoms with van der Waals surface area (Å²) >= 11 is 2.90. The van der Waals surface area contributed by atoms with Crippen LogP contribution in [-0.2, 0) is 13.8 Å². The van der Waals surface area contributed by atoms with E-state index in [0.29, 0.717) is 6.61 Å². The molecule has 1 rings (SSSR count). The molecule has 118 valence electrons. The fourth-order valence-corrected chi connectivity index (χ4v) is 3.70. The second-order valence-corrected chi connectivity index (χ2v) is 7.62. The number of nitrogens with one attached hydrogen (secondary N) is 1.